The quantitative estimate of drug-likeness (QED) is 0.374. The monoisotopic (exact) mass is 403 g/mol. The molecule has 1 fully saturated rings. The molecule has 1 aromatic rings. The molecule has 1 N–H and O–H groups in total. The zero-order valence-corrected chi connectivity index (χ0v) is 17.6. The summed E-state index contributed by atoms with van der Waals surface area (Å²) in [5, 5.41) is 3.45. The lowest BCUT2D eigenvalue weighted by molar-refractivity contribution is -0.158. The highest BCUT2D eigenvalue weighted by Crippen LogP contribution is 2.23. The molecule has 0 unspecified atom stereocenters. The van der Waals surface area contributed by atoms with Gasteiger partial charge in [0, 0.05) is 17.8 Å². The van der Waals surface area contributed by atoms with Crippen LogP contribution in [0.4, 0.5) is 5.69 Å². The maximum atomic E-state index is 12.7. The standard InChI is InChI=1S/C23H33NO5/c1-3-28-22(26)20(23(27)29-4-2)21(25)18-12-14-19(15-13-18)24-16-17-10-8-6-5-7-9-11-17/h12-15,17,20,24H,3-11,16H2,1-2H3. The van der Waals surface area contributed by atoms with Crippen molar-refractivity contribution in [1.82, 2.24) is 0 Å². The lowest BCUT2D eigenvalue weighted by Crippen LogP contribution is -2.35. The Morgan fingerprint density at radius 1 is 0.897 bits per heavy atom. The van der Waals surface area contributed by atoms with Gasteiger partial charge in [0.2, 0.25) is 5.92 Å². The van der Waals surface area contributed by atoms with Crippen LogP contribution < -0.4 is 5.32 Å². The van der Waals surface area contributed by atoms with Crippen molar-refractivity contribution in [2.45, 2.75) is 58.8 Å². The summed E-state index contributed by atoms with van der Waals surface area (Å²) in [5.41, 5.74) is 1.21. The average molecular weight is 404 g/mol. The summed E-state index contributed by atoms with van der Waals surface area (Å²) in [5.74, 6) is -3.25. The normalized spacial score (nSPS) is 15.3. The van der Waals surface area contributed by atoms with Crippen LogP contribution in [0.2, 0.25) is 0 Å². The molecule has 0 bridgehead atoms. The molecule has 0 atom stereocenters. The molecule has 6 heteroatoms. The van der Waals surface area contributed by atoms with E-state index in [1.54, 1.807) is 26.0 Å². The summed E-state index contributed by atoms with van der Waals surface area (Å²) in [4.78, 5) is 37.0. The SMILES string of the molecule is CCOC(=O)C(C(=O)OCC)C(=O)c1ccc(NCC2CCCCCCC2)cc1. The van der Waals surface area contributed by atoms with Crippen LogP contribution >= 0.6 is 0 Å². The number of carbonyl (C=O) groups is 3. The van der Waals surface area contributed by atoms with Crippen LogP contribution in [-0.2, 0) is 19.1 Å². The molecule has 29 heavy (non-hydrogen) atoms. The Bertz CT molecular complexity index is 644. The van der Waals surface area contributed by atoms with Gasteiger partial charge < -0.3 is 14.8 Å². The van der Waals surface area contributed by atoms with Gasteiger partial charge in [-0.25, -0.2) is 0 Å². The molecule has 0 aromatic heterocycles. The minimum absolute atomic E-state index is 0.0893. The minimum atomic E-state index is -1.58. The van der Waals surface area contributed by atoms with Crippen molar-refractivity contribution in [3.05, 3.63) is 29.8 Å². The van der Waals surface area contributed by atoms with Gasteiger partial charge in [0.25, 0.3) is 0 Å². The van der Waals surface area contributed by atoms with Crippen LogP contribution in [0.15, 0.2) is 24.3 Å². The van der Waals surface area contributed by atoms with E-state index < -0.39 is 23.6 Å². The fraction of sp³-hybridized carbons (Fsp3) is 0.609. The van der Waals surface area contributed by atoms with Gasteiger partial charge in [-0.15, -0.1) is 0 Å². The zero-order chi connectivity index (χ0) is 21.1. The number of hydrogen-bond donors (Lipinski definition) is 1. The molecule has 0 spiro atoms. The van der Waals surface area contributed by atoms with Gasteiger partial charge >= 0.3 is 11.9 Å². The fourth-order valence-corrected chi connectivity index (χ4v) is 3.69. The molecule has 1 aliphatic carbocycles. The van der Waals surface area contributed by atoms with Crippen molar-refractivity contribution in [3.8, 4) is 0 Å². The number of ketones is 1. The molecule has 1 aliphatic rings. The molecule has 0 amide bonds. The van der Waals surface area contributed by atoms with Gasteiger partial charge in [0.15, 0.2) is 5.78 Å². The Kier molecular flexibility index (Phi) is 9.68. The second kappa shape index (κ2) is 12.2. The highest BCUT2D eigenvalue weighted by molar-refractivity contribution is 6.20. The summed E-state index contributed by atoms with van der Waals surface area (Å²) in [6, 6.07) is 6.88. The van der Waals surface area contributed by atoms with Crippen molar-refractivity contribution in [3.63, 3.8) is 0 Å². The molecule has 1 saturated carbocycles. The van der Waals surface area contributed by atoms with E-state index in [4.69, 9.17) is 9.47 Å². The molecule has 1 aromatic carbocycles. The van der Waals surface area contributed by atoms with Crippen LogP contribution in [0.5, 0.6) is 0 Å². The van der Waals surface area contributed by atoms with Crippen LogP contribution in [0.1, 0.15) is 69.2 Å². The molecular formula is C23H33NO5. The van der Waals surface area contributed by atoms with E-state index in [-0.39, 0.29) is 18.8 Å². The number of Topliss-reactive ketones (excluding diaryl/α,β-unsaturated/α-hetero) is 1. The number of carbonyl (C=O) groups excluding carboxylic acids is 3. The van der Waals surface area contributed by atoms with E-state index in [0.717, 1.165) is 12.2 Å². The Hall–Kier alpha value is -2.37. The van der Waals surface area contributed by atoms with Crippen LogP contribution in [-0.4, -0.2) is 37.5 Å². The number of rotatable bonds is 9. The lowest BCUT2D eigenvalue weighted by Gasteiger charge is -2.20. The fourth-order valence-electron chi connectivity index (χ4n) is 3.69. The van der Waals surface area contributed by atoms with Crippen LogP contribution in [0.25, 0.3) is 0 Å². The molecule has 2 rings (SSSR count). The summed E-state index contributed by atoms with van der Waals surface area (Å²) in [6.07, 6.45) is 9.11. The molecule has 0 saturated heterocycles. The van der Waals surface area contributed by atoms with Crippen molar-refractivity contribution in [1.29, 1.82) is 0 Å². The molecule has 0 heterocycles. The second-order valence-electron chi connectivity index (χ2n) is 7.47. The van der Waals surface area contributed by atoms with Crippen LogP contribution in [0, 0.1) is 11.8 Å². The van der Waals surface area contributed by atoms with Crippen molar-refractivity contribution in [2.75, 3.05) is 25.1 Å². The predicted octanol–water partition coefficient (Wildman–Crippen LogP) is 4.38. The average Bonchev–Trinajstić information content (AvgIpc) is 2.68. The van der Waals surface area contributed by atoms with Crippen LogP contribution in [0.3, 0.4) is 0 Å². The van der Waals surface area contributed by atoms with E-state index in [1.807, 2.05) is 12.1 Å². The maximum absolute atomic E-state index is 12.7. The van der Waals surface area contributed by atoms with Crippen molar-refractivity contribution in [2.24, 2.45) is 11.8 Å². The van der Waals surface area contributed by atoms with E-state index >= 15 is 0 Å². The number of esters is 2. The molecule has 6 nitrogen and oxygen atoms in total. The second-order valence-corrected chi connectivity index (χ2v) is 7.47. The molecule has 0 radical (unpaired) electrons. The first-order chi connectivity index (χ1) is 14.1. The van der Waals surface area contributed by atoms with E-state index in [0.29, 0.717) is 5.92 Å². The number of anilines is 1. The van der Waals surface area contributed by atoms with Gasteiger partial charge in [0.1, 0.15) is 0 Å². The molecule has 160 valence electrons. The number of ether oxygens (including phenoxy) is 2. The molecular weight excluding hydrogens is 370 g/mol. The zero-order valence-electron chi connectivity index (χ0n) is 17.6. The van der Waals surface area contributed by atoms with E-state index in [9.17, 15) is 14.4 Å². The Balaban J connectivity index is 1.99. The number of hydrogen-bond acceptors (Lipinski definition) is 6. The third kappa shape index (κ3) is 7.18. The first-order valence-corrected chi connectivity index (χ1v) is 10.8. The van der Waals surface area contributed by atoms with Crippen molar-refractivity contribution < 1.29 is 23.9 Å². The summed E-state index contributed by atoms with van der Waals surface area (Å²) >= 11 is 0. The van der Waals surface area contributed by atoms with Gasteiger partial charge in [0.05, 0.1) is 13.2 Å². The topological polar surface area (TPSA) is 81.7 Å². The van der Waals surface area contributed by atoms with Gasteiger partial charge in [-0.3, -0.25) is 14.4 Å². The van der Waals surface area contributed by atoms with E-state index in [1.165, 1.54) is 44.9 Å². The van der Waals surface area contributed by atoms with Gasteiger partial charge in [-0.2, -0.15) is 0 Å². The maximum Gasteiger partial charge on any atom is 0.328 e. The van der Waals surface area contributed by atoms with Crippen molar-refractivity contribution >= 4 is 23.4 Å². The van der Waals surface area contributed by atoms with E-state index in [2.05, 4.69) is 5.32 Å². The summed E-state index contributed by atoms with van der Waals surface area (Å²) in [7, 11) is 0. The first-order valence-electron chi connectivity index (χ1n) is 10.8. The Morgan fingerprint density at radius 2 is 1.41 bits per heavy atom. The third-order valence-corrected chi connectivity index (χ3v) is 5.30. The highest BCUT2D eigenvalue weighted by atomic mass is 16.6. The summed E-state index contributed by atoms with van der Waals surface area (Å²) < 4.78 is 9.78. The Labute approximate surface area is 173 Å². The number of nitrogens with one attached hydrogen (secondary N) is 1. The molecule has 0 aliphatic heterocycles. The highest BCUT2D eigenvalue weighted by Gasteiger charge is 2.37. The van der Waals surface area contributed by atoms with Gasteiger partial charge in [-0.1, -0.05) is 32.1 Å². The largest absolute Gasteiger partial charge is 0.465 e. The minimum Gasteiger partial charge on any atom is -0.465 e. The first kappa shape index (κ1) is 22.9. The Morgan fingerprint density at radius 3 is 1.93 bits per heavy atom. The summed E-state index contributed by atoms with van der Waals surface area (Å²) in [6.45, 7) is 4.35. The third-order valence-electron chi connectivity index (χ3n) is 5.30. The smallest absolute Gasteiger partial charge is 0.328 e. The number of benzene rings is 1. The lowest BCUT2D eigenvalue weighted by atomic mass is 9.91. The van der Waals surface area contributed by atoms with Gasteiger partial charge in [-0.05, 0) is 56.9 Å². The predicted molar refractivity (Wildman–Crippen MR) is 112 cm³/mol.